The van der Waals surface area contributed by atoms with Gasteiger partial charge in [-0.1, -0.05) is 155 Å². The molecular formula is C40H25Br. The standard InChI is InChI=1S/C40H25Br/c41-37-24-10-14-27-13-9-22-31(39(27)37)28-15-7-16-29(25-28)38-33-18-3-5-20-35(33)40(36-21-6-4-19-34(36)38)32-23-8-12-26-11-1-2-17-30(26)32/h1-25H. The fourth-order valence-corrected chi connectivity index (χ4v) is 7.15. The minimum Gasteiger partial charge on any atom is -0.0616 e. The molecule has 0 heterocycles. The van der Waals surface area contributed by atoms with Gasteiger partial charge >= 0.3 is 0 Å². The second kappa shape index (κ2) is 9.73. The third-order valence-electron chi connectivity index (χ3n) is 8.31. The lowest BCUT2D eigenvalue weighted by Crippen LogP contribution is -1.92. The molecule has 0 saturated heterocycles. The van der Waals surface area contributed by atoms with E-state index in [4.69, 9.17) is 0 Å². The Hall–Kier alpha value is -4.72. The predicted molar refractivity (Wildman–Crippen MR) is 180 cm³/mol. The van der Waals surface area contributed by atoms with E-state index < -0.39 is 0 Å². The molecule has 0 fully saturated rings. The second-order valence-electron chi connectivity index (χ2n) is 10.6. The van der Waals surface area contributed by atoms with Crippen LogP contribution in [0.2, 0.25) is 0 Å². The van der Waals surface area contributed by atoms with Crippen molar-refractivity contribution in [2.75, 3.05) is 0 Å². The number of hydrogen-bond donors (Lipinski definition) is 0. The summed E-state index contributed by atoms with van der Waals surface area (Å²) < 4.78 is 1.12. The molecule has 41 heavy (non-hydrogen) atoms. The van der Waals surface area contributed by atoms with Crippen LogP contribution < -0.4 is 0 Å². The zero-order chi connectivity index (χ0) is 27.3. The van der Waals surface area contributed by atoms with Gasteiger partial charge in [0.2, 0.25) is 0 Å². The van der Waals surface area contributed by atoms with Crippen LogP contribution in [0.3, 0.4) is 0 Å². The van der Waals surface area contributed by atoms with Crippen LogP contribution in [-0.2, 0) is 0 Å². The Morgan fingerprint density at radius 2 is 0.829 bits per heavy atom. The summed E-state index contributed by atoms with van der Waals surface area (Å²) in [4.78, 5) is 0. The molecule has 1 heteroatoms. The predicted octanol–water partition coefficient (Wildman–Crippen LogP) is 12.1. The van der Waals surface area contributed by atoms with Crippen molar-refractivity contribution in [3.63, 3.8) is 0 Å². The van der Waals surface area contributed by atoms with Gasteiger partial charge in [-0.05, 0) is 83.2 Å². The van der Waals surface area contributed by atoms with Crippen LogP contribution in [-0.4, -0.2) is 0 Å². The first-order valence-electron chi connectivity index (χ1n) is 14.0. The van der Waals surface area contributed by atoms with Crippen molar-refractivity contribution < 1.29 is 0 Å². The molecule has 8 rings (SSSR count). The molecule has 0 saturated carbocycles. The number of fused-ring (bicyclic) bond motifs is 4. The van der Waals surface area contributed by atoms with E-state index >= 15 is 0 Å². The molecule has 0 amide bonds. The van der Waals surface area contributed by atoms with Gasteiger partial charge < -0.3 is 0 Å². The molecule has 0 unspecified atom stereocenters. The highest BCUT2D eigenvalue weighted by Crippen LogP contribution is 2.46. The maximum absolute atomic E-state index is 3.82. The zero-order valence-corrected chi connectivity index (χ0v) is 23.9. The minimum absolute atomic E-state index is 1.12. The lowest BCUT2D eigenvalue weighted by Gasteiger charge is -2.19. The Morgan fingerprint density at radius 1 is 0.341 bits per heavy atom. The highest BCUT2D eigenvalue weighted by Gasteiger charge is 2.18. The van der Waals surface area contributed by atoms with Gasteiger partial charge in [-0.3, -0.25) is 0 Å². The quantitative estimate of drug-likeness (QED) is 0.181. The van der Waals surface area contributed by atoms with Crippen molar-refractivity contribution in [2.45, 2.75) is 0 Å². The molecule has 0 aliphatic rings. The summed E-state index contributed by atoms with van der Waals surface area (Å²) in [6, 6.07) is 55.2. The van der Waals surface area contributed by atoms with E-state index in [2.05, 4.69) is 168 Å². The number of halogens is 1. The average molecular weight is 586 g/mol. The molecule has 0 radical (unpaired) electrons. The lowest BCUT2D eigenvalue weighted by molar-refractivity contribution is 1.62. The van der Waals surface area contributed by atoms with Gasteiger partial charge in [-0.25, -0.2) is 0 Å². The second-order valence-corrected chi connectivity index (χ2v) is 11.4. The first-order chi connectivity index (χ1) is 20.3. The van der Waals surface area contributed by atoms with Crippen LogP contribution in [0.25, 0.3) is 76.5 Å². The van der Waals surface area contributed by atoms with Crippen molar-refractivity contribution >= 4 is 59.0 Å². The third kappa shape index (κ3) is 3.89. The molecule has 0 spiro atoms. The van der Waals surface area contributed by atoms with E-state index in [0.29, 0.717) is 0 Å². The molecule has 0 aliphatic heterocycles. The molecule has 0 aromatic heterocycles. The molecule has 8 aromatic carbocycles. The lowest BCUT2D eigenvalue weighted by atomic mass is 9.84. The van der Waals surface area contributed by atoms with Crippen molar-refractivity contribution in [2.24, 2.45) is 0 Å². The van der Waals surface area contributed by atoms with Crippen LogP contribution in [0.4, 0.5) is 0 Å². The van der Waals surface area contributed by atoms with Crippen LogP contribution in [0, 0.1) is 0 Å². The van der Waals surface area contributed by atoms with E-state index in [0.717, 1.165) is 4.47 Å². The van der Waals surface area contributed by atoms with Crippen LogP contribution in [0.15, 0.2) is 156 Å². The number of benzene rings is 8. The molecule has 0 aliphatic carbocycles. The smallest absolute Gasteiger partial charge is 0.0259 e. The summed E-state index contributed by atoms with van der Waals surface area (Å²) >= 11 is 3.82. The monoisotopic (exact) mass is 584 g/mol. The molecule has 0 N–H and O–H groups in total. The largest absolute Gasteiger partial charge is 0.0616 e. The summed E-state index contributed by atoms with van der Waals surface area (Å²) in [5.74, 6) is 0. The summed E-state index contributed by atoms with van der Waals surface area (Å²) in [5, 5.41) is 10.1. The van der Waals surface area contributed by atoms with Crippen molar-refractivity contribution in [1.29, 1.82) is 0 Å². The maximum atomic E-state index is 3.82. The minimum atomic E-state index is 1.12. The van der Waals surface area contributed by atoms with Gasteiger partial charge in [0.25, 0.3) is 0 Å². The van der Waals surface area contributed by atoms with Gasteiger partial charge in [0.05, 0.1) is 0 Å². The summed E-state index contributed by atoms with van der Waals surface area (Å²) in [6.45, 7) is 0. The van der Waals surface area contributed by atoms with Gasteiger partial charge in [-0.15, -0.1) is 0 Å². The first-order valence-corrected chi connectivity index (χ1v) is 14.8. The van der Waals surface area contributed by atoms with E-state index in [1.807, 2.05) is 0 Å². The first kappa shape index (κ1) is 24.1. The highest BCUT2D eigenvalue weighted by atomic mass is 79.9. The molecule has 0 atom stereocenters. The Balaban J connectivity index is 1.45. The molecule has 0 bridgehead atoms. The summed E-state index contributed by atoms with van der Waals surface area (Å²) in [5.41, 5.74) is 7.52. The Kier molecular flexibility index (Phi) is 5.72. The Bertz CT molecular complexity index is 2210. The fraction of sp³-hybridized carbons (Fsp3) is 0. The number of rotatable bonds is 3. The van der Waals surface area contributed by atoms with Crippen molar-refractivity contribution in [1.82, 2.24) is 0 Å². The van der Waals surface area contributed by atoms with E-state index in [1.165, 1.54) is 76.5 Å². The summed E-state index contributed by atoms with van der Waals surface area (Å²) in [6.07, 6.45) is 0. The fourth-order valence-electron chi connectivity index (χ4n) is 6.55. The van der Waals surface area contributed by atoms with Gasteiger partial charge in [0.15, 0.2) is 0 Å². The van der Waals surface area contributed by atoms with E-state index in [9.17, 15) is 0 Å². The van der Waals surface area contributed by atoms with Gasteiger partial charge in [0, 0.05) is 9.86 Å². The molecule has 0 nitrogen and oxygen atoms in total. The van der Waals surface area contributed by atoms with Crippen LogP contribution >= 0.6 is 15.9 Å². The molecule has 8 aromatic rings. The van der Waals surface area contributed by atoms with Gasteiger partial charge in [0.1, 0.15) is 0 Å². The number of hydrogen-bond acceptors (Lipinski definition) is 0. The highest BCUT2D eigenvalue weighted by molar-refractivity contribution is 9.10. The Morgan fingerprint density at radius 3 is 1.54 bits per heavy atom. The Labute approximate surface area is 247 Å². The SMILES string of the molecule is Brc1cccc2cccc(-c3cccc(-c4c5ccccc5c(-c5cccc6ccccc56)c5ccccc45)c3)c12. The third-order valence-corrected chi connectivity index (χ3v) is 8.97. The molecular weight excluding hydrogens is 560 g/mol. The van der Waals surface area contributed by atoms with E-state index in [1.54, 1.807) is 0 Å². The maximum Gasteiger partial charge on any atom is 0.0259 e. The van der Waals surface area contributed by atoms with E-state index in [-0.39, 0.29) is 0 Å². The average Bonchev–Trinajstić information content (AvgIpc) is 3.03. The molecule has 192 valence electrons. The normalized spacial score (nSPS) is 11.5. The zero-order valence-electron chi connectivity index (χ0n) is 22.3. The van der Waals surface area contributed by atoms with Gasteiger partial charge in [-0.2, -0.15) is 0 Å². The summed E-state index contributed by atoms with van der Waals surface area (Å²) in [7, 11) is 0. The topological polar surface area (TPSA) is 0 Å². The van der Waals surface area contributed by atoms with Crippen molar-refractivity contribution in [3.8, 4) is 33.4 Å². The van der Waals surface area contributed by atoms with Crippen molar-refractivity contribution in [3.05, 3.63) is 156 Å². The van der Waals surface area contributed by atoms with Crippen LogP contribution in [0.5, 0.6) is 0 Å². The van der Waals surface area contributed by atoms with Crippen LogP contribution in [0.1, 0.15) is 0 Å².